The van der Waals surface area contributed by atoms with Crippen LogP contribution in [-0.4, -0.2) is 22.6 Å². The molecule has 1 saturated heterocycles. The topological polar surface area (TPSA) is 66.5 Å². The van der Waals surface area contributed by atoms with Crippen molar-refractivity contribution in [1.29, 1.82) is 0 Å². The first-order chi connectivity index (χ1) is 13.0. The number of benzene rings is 2. The van der Waals surface area contributed by atoms with Crippen LogP contribution in [0.3, 0.4) is 0 Å². The van der Waals surface area contributed by atoms with Crippen LogP contribution in [0.2, 0.25) is 5.02 Å². The monoisotopic (exact) mass is 382 g/mol. The van der Waals surface area contributed by atoms with Crippen molar-refractivity contribution in [3.8, 4) is 0 Å². The quantitative estimate of drug-likeness (QED) is 0.801. The number of amides is 3. The second-order valence-corrected chi connectivity index (χ2v) is 7.44. The van der Waals surface area contributed by atoms with E-state index in [-0.39, 0.29) is 36.1 Å². The van der Waals surface area contributed by atoms with Crippen LogP contribution >= 0.6 is 11.6 Å². The first-order valence-electron chi connectivity index (χ1n) is 9.00. The maximum atomic E-state index is 12.5. The molecule has 27 heavy (non-hydrogen) atoms. The molecule has 2 fully saturated rings. The molecule has 6 heteroatoms. The highest BCUT2D eigenvalue weighted by atomic mass is 35.5. The third-order valence-electron chi connectivity index (χ3n) is 5.15. The molecular formula is C21H19ClN2O3. The number of halogens is 1. The number of carbonyl (C=O) groups is 3. The van der Waals surface area contributed by atoms with Crippen molar-refractivity contribution in [1.82, 2.24) is 4.90 Å². The molecule has 2 unspecified atom stereocenters. The van der Waals surface area contributed by atoms with Crippen LogP contribution in [0.25, 0.3) is 0 Å². The molecule has 1 saturated carbocycles. The molecule has 138 valence electrons. The van der Waals surface area contributed by atoms with E-state index in [0.29, 0.717) is 23.6 Å². The Bertz CT molecular complexity index is 894. The second-order valence-electron chi connectivity index (χ2n) is 7.03. The van der Waals surface area contributed by atoms with E-state index in [9.17, 15) is 14.4 Å². The Labute approximate surface area is 162 Å². The summed E-state index contributed by atoms with van der Waals surface area (Å²) in [5, 5.41) is 3.63. The smallest absolute Gasteiger partial charge is 0.229 e. The Morgan fingerprint density at radius 3 is 2.37 bits per heavy atom. The molecule has 4 rings (SSSR count). The summed E-state index contributed by atoms with van der Waals surface area (Å²) in [5.41, 5.74) is 2.58. The van der Waals surface area contributed by atoms with Crippen molar-refractivity contribution in [3.05, 3.63) is 64.7 Å². The zero-order valence-corrected chi connectivity index (χ0v) is 15.4. The fraction of sp³-hybridized carbons (Fsp3) is 0.286. The van der Waals surface area contributed by atoms with Crippen LogP contribution in [0.5, 0.6) is 0 Å². The minimum absolute atomic E-state index is 0.0161. The molecule has 0 spiro atoms. The molecule has 1 aliphatic heterocycles. The summed E-state index contributed by atoms with van der Waals surface area (Å²) in [6.07, 6.45) is 1.38. The third kappa shape index (κ3) is 3.74. The molecule has 0 bridgehead atoms. The molecule has 2 aromatic rings. The van der Waals surface area contributed by atoms with Gasteiger partial charge >= 0.3 is 0 Å². The van der Waals surface area contributed by atoms with Gasteiger partial charge in [0.25, 0.3) is 0 Å². The summed E-state index contributed by atoms with van der Waals surface area (Å²) in [6, 6.07) is 14.9. The van der Waals surface area contributed by atoms with Gasteiger partial charge in [-0.25, -0.2) is 0 Å². The van der Waals surface area contributed by atoms with Crippen molar-refractivity contribution in [2.24, 2.45) is 5.92 Å². The Morgan fingerprint density at radius 1 is 1.04 bits per heavy atom. The van der Waals surface area contributed by atoms with Crippen molar-refractivity contribution in [3.63, 3.8) is 0 Å². The van der Waals surface area contributed by atoms with Crippen LogP contribution < -0.4 is 5.32 Å². The molecule has 1 N–H and O–H groups in total. The van der Waals surface area contributed by atoms with Gasteiger partial charge in [0, 0.05) is 29.5 Å². The van der Waals surface area contributed by atoms with E-state index in [2.05, 4.69) is 5.32 Å². The average molecular weight is 383 g/mol. The molecule has 2 aliphatic rings. The van der Waals surface area contributed by atoms with Crippen molar-refractivity contribution < 1.29 is 14.4 Å². The molecular weight excluding hydrogens is 364 g/mol. The SMILES string of the molecule is O=C(Nc1ccc(CN2C(=O)CCC2=O)cc1)C1CC1c1ccccc1Cl. The van der Waals surface area contributed by atoms with E-state index in [1.165, 1.54) is 4.90 Å². The van der Waals surface area contributed by atoms with Crippen molar-refractivity contribution in [2.75, 3.05) is 5.32 Å². The normalized spacial score (nSPS) is 21.4. The van der Waals surface area contributed by atoms with Gasteiger partial charge in [0.2, 0.25) is 17.7 Å². The summed E-state index contributed by atoms with van der Waals surface area (Å²) >= 11 is 6.21. The summed E-state index contributed by atoms with van der Waals surface area (Å²) in [5.74, 6) is -0.166. The van der Waals surface area contributed by atoms with Crippen LogP contribution in [-0.2, 0) is 20.9 Å². The largest absolute Gasteiger partial charge is 0.326 e. The fourth-order valence-corrected chi connectivity index (χ4v) is 3.79. The maximum Gasteiger partial charge on any atom is 0.229 e. The van der Waals surface area contributed by atoms with Gasteiger partial charge in [-0.05, 0) is 41.7 Å². The zero-order valence-electron chi connectivity index (χ0n) is 14.7. The lowest BCUT2D eigenvalue weighted by molar-refractivity contribution is -0.139. The molecule has 2 atom stereocenters. The van der Waals surface area contributed by atoms with Gasteiger partial charge < -0.3 is 5.32 Å². The highest BCUT2D eigenvalue weighted by Gasteiger charge is 2.44. The number of likely N-dealkylation sites (tertiary alicyclic amines) is 1. The van der Waals surface area contributed by atoms with Gasteiger partial charge in [-0.3, -0.25) is 19.3 Å². The lowest BCUT2D eigenvalue weighted by Crippen LogP contribution is -2.28. The summed E-state index contributed by atoms with van der Waals surface area (Å²) in [7, 11) is 0. The molecule has 2 aromatic carbocycles. The van der Waals surface area contributed by atoms with Crippen LogP contribution in [0, 0.1) is 5.92 Å². The van der Waals surface area contributed by atoms with E-state index in [1.807, 2.05) is 36.4 Å². The predicted octanol–water partition coefficient (Wildman–Crippen LogP) is 3.73. The molecule has 3 amide bonds. The highest BCUT2D eigenvalue weighted by Crippen LogP contribution is 2.50. The Hall–Kier alpha value is -2.66. The Morgan fingerprint density at radius 2 is 1.70 bits per heavy atom. The standard InChI is InChI=1S/C21H19ClN2O3/c22-18-4-2-1-3-15(18)16-11-17(16)21(27)23-14-7-5-13(6-8-14)12-24-19(25)9-10-20(24)26/h1-8,16-17H,9-12H2,(H,23,27). The van der Waals surface area contributed by atoms with E-state index in [4.69, 9.17) is 11.6 Å². The number of anilines is 1. The van der Waals surface area contributed by atoms with Crippen LogP contribution in [0.4, 0.5) is 5.69 Å². The van der Waals surface area contributed by atoms with Crippen molar-refractivity contribution >= 4 is 35.0 Å². The van der Waals surface area contributed by atoms with E-state index >= 15 is 0 Å². The average Bonchev–Trinajstić information content (AvgIpc) is 3.40. The molecule has 0 aromatic heterocycles. The molecule has 1 aliphatic carbocycles. The van der Waals surface area contributed by atoms with E-state index < -0.39 is 0 Å². The van der Waals surface area contributed by atoms with E-state index in [0.717, 1.165) is 17.5 Å². The fourth-order valence-electron chi connectivity index (χ4n) is 3.51. The number of nitrogens with zero attached hydrogens (tertiary/aromatic N) is 1. The minimum Gasteiger partial charge on any atom is -0.326 e. The number of carbonyl (C=O) groups excluding carboxylic acids is 3. The van der Waals surface area contributed by atoms with E-state index in [1.54, 1.807) is 12.1 Å². The first-order valence-corrected chi connectivity index (χ1v) is 9.38. The van der Waals surface area contributed by atoms with Gasteiger partial charge in [-0.1, -0.05) is 41.9 Å². The second kappa shape index (κ2) is 7.16. The van der Waals surface area contributed by atoms with Gasteiger partial charge in [0.15, 0.2) is 0 Å². The number of rotatable bonds is 5. The van der Waals surface area contributed by atoms with Gasteiger partial charge in [-0.15, -0.1) is 0 Å². The molecule has 5 nitrogen and oxygen atoms in total. The number of hydrogen-bond acceptors (Lipinski definition) is 3. The molecule has 0 radical (unpaired) electrons. The van der Waals surface area contributed by atoms with Gasteiger partial charge in [-0.2, -0.15) is 0 Å². The molecule has 1 heterocycles. The number of imide groups is 1. The summed E-state index contributed by atoms with van der Waals surface area (Å²) in [6.45, 7) is 0.281. The summed E-state index contributed by atoms with van der Waals surface area (Å²) < 4.78 is 0. The number of nitrogens with one attached hydrogen (secondary N) is 1. The Balaban J connectivity index is 1.35. The first kappa shape index (κ1) is 17.7. The van der Waals surface area contributed by atoms with Crippen LogP contribution in [0.15, 0.2) is 48.5 Å². The number of hydrogen-bond donors (Lipinski definition) is 1. The van der Waals surface area contributed by atoms with Gasteiger partial charge in [0.05, 0.1) is 6.54 Å². The zero-order chi connectivity index (χ0) is 19.0. The Kier molecular flexibility index (Phi) is 4.70. The van der Waals surface area contributed by atoms with Crippen molar-refractivity contribution in [2.45, 2.75) is 31.7 Å². The summed E-state index contributed by atoms with van der Waals surface area (Å²) in [4.78, 5) is 37.1. The maximum absolute atomic E-state index is 12.5. The van der Waals surface area contributed by atoms with Gasteiger partial charge in [0.1, 0.15) is 0 Å². The van der Waals surface area contributed by atoms with Crippen LogP contribution in [0.1, 0.15) is 36.3 Å². The minimum atomic E-state index is -0.128. The lowest BCUT2D eigenvalue weighted by atomic mass is 10.1. The third-order valence-corrected chi connectivity index (χ3v) is 5.49. The lowest BCUT2D eigenvalue weighted by Gasteiger charge is -2.14. The highest BCUT2D eigenvalue weighted by molar-refractivity contribution is 6.31. The predicted molar refractivity (Wildman–Crippen MR) is 102 cm³/mol.